The third-order valence-electron chi connectivity index (χ3n) is 4.63. The van der Waals surface area contributed by atoms with Crippen LogP contribution in [-0.2, 0) is 38.7 Å². The molecule has 0 radical (unpaired) electrons. The van der Waals surface area contributed by atoms with Crippen molar-refractivity contribution < 1.29 is 29.3 Å². The molecule has 1 aromatic rings. The fourth-order valence-corrected chi connectivity index (χ4v) is 2.79. The molecule has 0 saturated carbocycles. The minimum absolute atomic E-state index is 0.0234. The summed E-state index contributed by atoms with van der Waals surface area (Å²) in [5.41, 5.74) is -2.83. The lowest BCUT2D eigenvalue weighted by molar-refractivity contribution is -0.147. The second kappa shape index (κ2) is 13.4. The molecule has 0 aliphatic rings. The summed E-state index contributed by atoms with van der Waals surface area (Å²) in [6.07, 6.45) is 0.243. The number of aromatic nitrogens is 3. The summed E-state index contributed by atoms with van der Waals surface area (Å²) in [5.74, 6) is -0.990. The zero-order valence-corrected chi connectivity index (χ0v) is 18.4. The molecule has 0 aliphatic heterocycles. The van der Waals surface area contributed by atoms with Crippen molar-refractivity contribution in [1.82, 2.24) is 13.7 Å². The van der Waals surface area contributed by atoms with E-state index in [1.165, 1.54) is 13.2 Å². The summed E-state index contributed by atoms with van der Waals surface area (Å²) < 4.78 is 11.6. The van der Waals surface area contributed by atoms with Gasteiger partial charge in [0.1, 0.15) is 12.7 Å². The van der Waals surface area contributed by atoms with Gasteiger partial charge in [0.15, 0.2) is 0 Å². The molecule has 0 fully saturated rings. The van der Waals surface area contributed by atoms with E-state index in [2.05, 4.69) is 11.3 Å². The number of unbranched alkanes of at least 4 members (excludes halogenated alkanes) is 1. The largest absolute Gasteiger partial charge is 0.469 e. The lowest BCUT2D eigenvalue weighted by Gasteiger charge is -2.17. The minimum Gasteiger partial charge on any atom is -0.469 e. The first-order valence-corrected chi connectivity index (χ1v) is 10.3. The predicted octanol–water partition coefficient (Wildman–Crippen LogP) is -1.23. The van der Waals surface area contributed by atoms with Crippen molar-refractivity contribution in [2.75, 3.05) is 13.7 Å². The van der Waals surface area contributed by atoms with Crippen molar-refractivity contribution in [2.24, 2.45) is 0 Å². The molecule has 2 unspecified atom stereocenters. The van der Waals surface area contributed by atoms with Crippen LogP contribution in [0.2, 0.25) is 0 Å². The number of aliphatic hydroxyl groups is 2. The Bertz CT molecular complexity index is 961. The van der Waals surface area contributed by atoms with Crippen molar-refractivity contribution in [3.8, 4) is 0 Å². The van der Waals surface area contributed by atoms with Crippen molar-refractivity contribution in [3.05, 3.63) is 44.1 Å². The molecule has 32 heavy (non-hydrogen) atoms. The van der Waals surface area contributed by atoms with Crippen molar-refractivity contribution in [3.63, 3.8) is 0 Å². The summed E-state index contributed by atoms with van der Waals surface area (Å²) in [7, 11) is 1.27. The zero-order valence-electron chi connectivity index (χ0n) is 18.4. The Labute approximate surface area is 184 Å². The van der Waals surface area contributed by atoms with Gasteiger partial charge < -0.3 is 19.7 Å². The molecule has 0 bridgehead atoms. The molecule has 180 valence electrons. The van der Waals surface area contributed by atoms with Gasteiger partial charge in [0, 0.05) is 12.8 Å². The molecule has 0 spiro atoms. The zero-order chi connectivity index (χ0) is 24.3. The monoisotopic (exact) mass is 457 g/mol. The number of rotatable bonds is 14. The predicted molar refractivity (Wildman–Crippen MR) is 113 cm³/mol. The SMILES string of the molecule is C=CCn1c(=O)n(CC(O)CC)c(=O)n(CC(O)COC(=O)CCCCC(=O)OC)c1=O. The van der Waals surface area contributed by atoms with E-state index in [-0.39, 0.29) is 38.3 Å². The van der Waals surface area contributed by atoms with Crippen LogP contribution in [0, 0.1) is 0 Å². The first-order chi connectivity index (χ1) is 15.2. The normalized spacial score (nSPS) is 12.8. The highest BCUT2D eigenvalue weighted by atomic mass is 16.5. The molecule has 1 aromatic heterocycles. The van der Waals surface area contributed by atoms with Crippen LogP contribution >= 0.6 is 0 Å². The van der Waals surface area contributed by atoms with Crippen LogP contribution < -0.4 is 17.1 Å². The fraction of sp³-hybridized carbons (Fsp3) is 0.650. The second-order valence-corrected chi connectivity index (χ2v) is 7.15. The maximum atomic E-state index is 12.7. The van der Waals surface area contributed by atoms with E-state index < -0.39 is 48.4 Å². The van der Waals surface area contributed by atoms with Crippen LogP contribution in [0.25, 0.3) is 0 Å². The highest BCUT2D eigenvalue weighted by Gasteiger charge is 2.19. The second-order valence-electron chi connectivity index (χ2n) is 7.15. The lowest BCUT2D eigenvalue weighted by Crippen LogP contribution is -2.56. The van der Waals surface area contributed by atoms with E-state index in [0.717, 1.165) is 9.13 Å². The summed E-state index contributed by atoms with van der Waals surface area (Å²) in [6.45, 7) is 3.66. The van der Waals surface area contributed by atoms with Crippen molar-refractivity contribution >= 4 is 11.9 Å². The third kappa shape index (κ3) is 7.93. The van der Waals surface area contributed by atoms with Gasteiger partial charge in [0.05, 0.1) is 32.8 Å². The Morgan fingerprint density at radius 1 is 0.938 bits per heavy atom. The lowest BCUT2D eigenvalue weighted by atomic mass is 10.2. The molecular formula is C20H31N3O9. The van der Waals surface area contributed by atoms with Gasteiger partial charge in [0.25, 0.3) is 0 Å². The summed E-state index contributed by atoms with van der Waals surface area (Å²) in [6, 6.07) is 0. The number of allylic oxidation sites excluding steroid dienone is 1. The summed E-state index contributed by atoms with van der Waals surface area (Å²) in [5, 5.41) is 20.0. The first-order valence-electron chi connectivity index (χ1n) is 10.3. The van der Waals surface area contributed by atoms with Gasteiger partial charge in [-0.3, -0.25) is 9.59 Å². The van der Waals surface area contributed by atoms with Gasteiger partial charge >= 0.3 is 29.0 Å². The molecule has 0 amide bonds. The van der Waals surface area contributed by atoms with Crippen LogP contribution in [0.5, 0.6) is 0 Å². The molecule has 0 aliphatic carbocycles. The molecule has 2 atom stereocenters. The maximum absolute atomic E-state index is 12.7. The Hall–Kier alpha value is -2.99. The molecule has 0 aromatic carbocycles. The van der Waals surface area contributed by atoms with E-state index in [0.29, 0.717) is 17.4 Å². The minimum atomic E-state index is -1.39. The number of nitrogens with zero attached hydrogens (tertiary/aromatic N) is 3. The van der Waals surface area contributed by atoms with Gasteiger partial charge in [-0.05, 0) is 19.3 Å². The van der Waals surface area contributed by atoms with E-state index in [9.17, 15) is 34.2 Å². The van der Waals surface area contributed by atoms with Crippen LogP contribution in [0.4, 0.5) is 0 Å². The Kier molecular flexibility index (Phi) is 11.3. The summed E-state index contributed by atoms with van der Waals surface area (Å²) in [4.78, 5) is 60.5. The van der Waals surface area contributed by atoms with Gasteiger partial charge in [-0.2, -0.15) is 0 Å². The number of methoxy groups -OCH3 is 1. The number of carbonyl (C=O) groups excluding carboxylic acids is 2. The fourth-order valence-electron chi connectivity index (χ4n) is 2.79. The number of aliphatic hydroxyl groups excluding tert-OH is 2. The average molecular weight is 457 g/mol. The van der Waals surface area contributed by atoms with E-state index >= 15 is 0 Å². The van der Waals surface area contributed by atoms with E-state index in [1.54, 1.807) is 6.92 Å². The number of ether oxygens (including phenoxy) is 2. The van der Waals surface area contributed by atoms with Crippen LogP contribution in [-0.4, -0.2) is 61.8 Å². The van der Waals surface area contributed by atoms with Crippen LogP contribution in [0.15, 0.2) is 27.0 Å². The molecule has 1 rings (SSSR count). The van der Waals surface area contributed by atoms with Crippen LogP contribution in [0.3, 0.4) is 0 Å². The number of carbonyl (C=O) groups is 2. The Morgan fingerprint density at radius 3 is 1.94 bits per heavy atom. The highest BCUT2D eigenvalue weighted by molar-refractivity contribution is 5.70. The average Bonchev–Trinajstić information content (AvgIpc) is 2.78. The topological polar surface area (TPSA) is 159 Å². The maximum Gasteiger partial charge on any atom is 0.336 e. The van der Waals surface area contributed by atoms with Gasteiger partial charge in [-0.1, -0.05) is 13.0 Å². The van der Waals surface area contributed by atoms with Gasteiger partial charge in [-0.25, -0.2) is 28.1 Å². The van der Waals surface area contributed by atoms with Crippen LogP contribution in [0.1, 0.15) is 39.0 Å². The molecule has 12 heteroatoms. The molecule has 0 saturated heterocycles. The van der Waals surface area contributed by atoms with Gasteiger partial charge in [0.2, 0.25) is 0 Å². The van der Waals surface area contributed by atoms with Crippen molar-refractivity contribution in [2.45, 2.75) is 70.9 Å². The van der Waals surface area contributed by atoms with Gasteiger partial charge in [-0.15, -0.1) is 6.58 Å². The van der Waals surface area contributed by atoms with E-state index in [1.807, 2.05) is 0 Å². The molecular weight excluding hydrogens is 426 g/mol. The standard InChI is InChI=1S/C20H31N3O9/c1-4-10-21-18(28)22(11-14(24)5-2)20(30)23(19(21)29)12-15(25)13-32-17(27)9-7-6-8-16(26)31-3/h4,14-15,24-25H,1,5-13H2,2-3H3. The Balaban J connectivity index is 2.87. The smallest absolute Gasteiger partial charge is 0.336 e. The third-order valence-corrected chi connectivity index (χ3v) is 4.63. The molecule has 1 heterocycles. The van der Waals surface area contributed by atoms with Crippen molar-refractivity contribution in [1.29, 1.82) is 0 Å². The first kappa shape index (κ1) is 27.0. The van der Waals surface area contributed by atoms with E-state index in [4.69, 9.17) is 4.74 Å². The molecule has 12 nitrogen and oxygen atoms in total. The highest BCUT2D eigenvalue weighted by Crippen LogP contribution is 2.03. The quantitative estimate of drug-likeness (QED) is 0.198. The Morgan fingerprint density at radius 2 is 1.44 bits per heavy atom. The summed E-state index contributed by atoms with van der Waals surface area (Å²) >= 11 is 0. The molecule has 2 N–H and O–H groups in total. The number of esters is 2. The number of hydrogen-bond donors (Lipinski definition) is 2. The number of hydrogen-bond acceptors (Lipinski definition) is 9.